The maximum Gasteiger partial charge on any atom is 0.114 e. The van der Waals surface area contributed by atoms with Gasteiger partial charge in [0.05, 0.1) is 33.8 Å². The zero-order chi connectivity index (χ0) is 27.2. The van der Waals surface area contributed by atoms with E-state index in [-0.39, 0.29) is 0 Å². The molecule has 0 atom stereocenters. The molecule has 0 saturated carbocycles. The van der Waals surface area contributed by atoms with Crippen molar-refractivity contribution < 1.29 is 0 Å². The monoisotopic (exact) mass is 530 g/mol. The third kappa shape index (κ3) is 4.16. The summed E-state index contributed by atoms with van der Waals surface area (Å²) in [5.41, 5.74) is 12.7. The predicted octanol–water partition coefficient (Wildman–Crippen LogP) is 7.66. The summed E-state index contributed by atoms with van der Waals surface area (Å²) >= 11 is 0. The van der Waals surface area contributed by atoms with Gasteiger partial charge in [-0.1, -0.05) is 36.4 Å². The lowest BCUT2D eigenvalue weighted by Crippen LogP contribution is -2.03. The lowest BCUT2D eigenvalue weighted by molar-refractivity contribution is 0.848. The molecule has 8 rings (SSSR count). The van der Waals surface area contributed by atoms with E-state index in [1.54, 1.807) is 24.8 Å². The molecule has 0 saturated heterocycles. The van der Waals surface area contributed by atoms with Gasteiger partial charge >= 0.3 is 0 Å². The highest BCUT2D eigenvalue weighted by atomic mass is 15.1. The molecule has 6 heterocycles. The Morgan fingerprint density at radius 2 is 1.24 bits per heavy atom. The van der Waals surface area contributed by atoms with Crippen molar-refractivity contribution in [1.29, 1.82) is 0 Å². The van der Waals surface area contributed by atoms with Crippen LogP contribution in [0, 0.1) is 0 Å². The molecular formula is C35H26N6. The van der Waals surface area contributed by atoms with Crippen molar-refractivity contribution in [2.75, 3.05) is 0 Å². The first-order chi connectivity index (χ1) is 20.3. The van der Waals surface area contributed by atoms with Crippen LogP contribution in [0.15, 0.2) is 97.6 Å². The van der Waals surface area contributed by atoms with Crippen LogP contribution in [-0.4, -0.2) is 29.5 Å². The molecule has 1 aliphatic heterocycles. The molecule has 41 heavy (non-hydrogen) atoms. The number of fused-ring (bicyclic) bond motifs is 5. The van der Waals surface area contributed by atoms with E-state index in [4.69, 9.17) is 15.0 Å². The van der Waals surface area contributed by atoms with Gasteiger partial charge < -0.3 is 4.57 Å². The Labute approximate surface area is 237 Å². The van der Waals surface area contributed by atoms with Crippen molar-refractivity contribution in [3.05, 3.63) is 115 Å². The van der Waals surface area contributed by atoms with Gasteiger partial charge in [-0.2, -0.15) is 0 Å². The Bertz CT molecular complexity index is 1910. The first-order valence-corrected chi connectivity index (χ1v) is 14.0. The van der Waals surface area contributed by atoms with Crippen molar-refractivity contribution in [3.63, 3.8) is 0 Å². The topological polar surface area (TPSA) is 69.4 Å². The molecule has 196 valence electrons. The van der Waals surface area contributed by atoms with Crippen LogP contribution in [0.2, 0.25) is 0 Å². The third-order valence-electron chi connectivity index (χ3n) is 7.93. The molecule has 0 unspecified atom stereocenters. The average molecular weight is 531 g/mol. The zero-order valence-corrected chi connectivity index (χ0v) is 22.4. The summed E-state index contributed by atoms with van der Waals surface area (Å²) in [7, 11) is 0. The average Bonchev–Trinajstić information content (AvgIpc) is 3.45. The number of hydrogen-bond acceptors (Lipinski definition) is 5. The van der Waals surface area contributed by atoms with Crippen LogP contribution in [0.5, 0.6) is 0 Å². The minimum Gasteiger partial charge on any atom is -0.301 e. The van der Waals surface area contributed by atoms with Crippen LogP contribution < -0.4 is 0 Å². The fourth-order valence-electron chi connectivity index (χ4n) is 5.87. The molecule has 2 aliphatic rings. The maximum absolute atomic E-state index is 5.20. The number of rotatable bonds is 4. The fraction of sp³-hybridized carbons (Fsp3) is 0.114. The third-order valence-corrected chi connectivity index (χ3v) is 7.93. The molecule has 0 amide bonds. The van der Waals surface area contributed by atoms with Gasteiger partial charge in [0, 0.05) is 59.7 Å². The molecule has 0 spiro atoms. The molecule has 5 aromatic heterocycles. The molecule has 1 aliphatic carbocycles. The summed E-state index contributed by atoms with van der Waals surface area (Å²) < 4.78 is 2.25. The van der Waals surface area contributed by atoms with Gasteiger partial charge in [-0.05, 0) is 72.9 Å². The van der Waals surface area contributed by atoms with E-state index >= 15 is 0 Å². The van der Waals surface area contributed by atoms with Crippen molar-refractivity contribution in [3.8, 4) is 44.9 Å². The summed E-state index contributed by atoms with van der Waals surface area (Å²) in [5, 5.41) is 0. The number of nitrogens with zero attached hydrogens (tertiary/aromatic N) is 6. The second kappa shape index (κ2) is 9.75. The van der Waals surface area contributed by atoms with Crippen LogP contribution in [0.3, 0.4) is 0 Å². The van der Waals surface area contributed by atoms with Gasteiger partial charge in [0.2, 0.25) is 0 Å². The summed E-state index contributed by atoms with van der Waals surface area (Å²) in [5.74, 6) is 1.12. The largest absolute Gasteiger partial charge is 0.301 e. The first-order valence-electron chi connectivity index (χ1n) is 14.0. The minimum atomic E-state index is 0.906. The Morgan fingerprint density at radius 3 is 1.95 bits per heavy atom. The molecule has 0 radical (unpaired) electrons. The number of allylic oxidation sites excluding steroid dienone is 2. The lowest BCUT2D eigenvalue weighted by Gasteiger charge is -2.15. The van der Waals surface area contributed by atoms with E-state index in [2.05, 4.69) is 75.4 Å². The summed E-state index contributed by atoms with van der Waals surface area (Å²) in [6.07, 6.45) is 20.0. The van der Waals surface area contributed by atoms with Gasteiger partial charge in [0.1, 0.15) is 5.82 Å². The number of aromatic nitrogens is 6. The quantitative estimate of drug-likeness (QED) is 0.234. The Hall–Kier alpha value is -5.23. The van der Waals surface area contributed by atoms with E-state index in [9.17, 15) is 0 Å². The standard InChI is InChI=1S/C35H26N6/c1-2-6-29-28(5-1)34-35(41-20-4-3-7-32(41)40-34)33(39-29)26-10-8-23(9-11-26)27-21-30(24-12-16-36-17-13-24)38-31(22-27)25-14-18-37-19-15-25/h2,4,6,8-22H,1,3,5,7H2. The normalized spacial score (nSPS) is 13.8. The smallest absolute Gasteiger partial charge is 0.114 e. The predicted molar refractivity (Wildman–Crippen MR) is 164 cm³/mol. The highest BCUT2D eigenvalue weighted by Crippen LogP contribution is 2.37. The van der Waals surface area contributed by atoms with Crippen LogP contribution in [0.25, 0.3) is 68.2 Å². The highest BCUT2D eigenvalue weighted by Gasteiger charge is 2.23. The second-order valence-corrected chi connectivity index (χ2v) is 10.5. The second-order valence-electron chi connectivity index (χ2n) is 10.5. The molecule has 6 heteroatoms. The van der Waals surface area contributed by atoms with Crippen molar-refractivity contribution in [1.82, 2.24) is 29.5 Å². The molecule has 6 aromatic rings. The molecule has 6 nitrogen and oxygen atoms in total. The van der Waals surface area contributed by atoms with Crippen LogP contribution in [0.1, 0.15) is 29.9 Å². The highest BCUT2D eigenvalue weighted by molar-refractivity contribution is 5.96. The van der Waals surface area contributed by atoms with Gasteiger partial charge in [-0.25, -0.2) is 15.0 Å². The van der Waals surface area contributed by atoms with Crippen LogP contribution >= 0.6 is 0 Å². The number of benzene rings is 1. The molecule has 0 fully saturated rings. The number of imidazole rings is 1. The number of hydrogen-bond donors (Lipinski definition) is 0. The summed E-state index contributed by atoms with van der Waals surface area (Å²) in [6, 6.07) is 21.0. The number of aryl methyl sites for hydroxylation is 2. The first kappa shape index (κ1) is 23.6. The van der Waals surface area contributed by atoms with E-state index in [1.165, 1.54) is 5.56 Å². The fourth-order valence-corrected chi connectivity index (χ4v) is 5.87. The Morgan fingerprint density at radius 1 is 0.585 bits per heavy atom. The van der Waals surface area contributed by atoms with Gasteiger partial charge in [-0.15, -0.1) is 0 Å². The van der Waals surface area contributed by atoms with Gasteiger partial charge in [0.15, 0.2) is 0 Å². The van der Waals surface area contributed by atoms with Crippen molar-refractivity contribution in [2.45, 2.75) is 25.7 Å². The van der Waals surface area contributed by atoms with Gasteiger partial charge in [0.25, 0.3) is 0 Å². The molecule has 0 N–H and O–H groups in total. The molecule has 0 bridgehead atoms. The molecular weight excluding hydrogens is 504 g/mol. The van der Waals surface area contributed by atoms with Crippen LogP contribution in [0.4, 0.5) is 0 Å². The van der Waals surface area contributed by atoms with E-state index in [0.717, 1.165) is 93.1 Å². The number of pyridine rings is 4. The van der Waals surface area contributed by atoms with Crippen LogP contribution in [-0.2, 0) is 12.8 Å². The van der Waals surface area contributed by atoms with Crippen molar-refractivity contribution in [2.24, 2.45) is 0 Å². The van der Waals surface area contributed by atoms with Gasteiger partial charge in [-0.3, -0.25) is 9.97 Å². The maximum atomic E-state index is 5.20. The Kier molecular flexibility index (Phi) is 5.62. The summed E-state index contributed by atoms with van der Waals surface area (Å²) in [6.45, 7) is 0. The van der Waals surface area contributed by atoms with E-state index < -0.39 is 0 Å². The summed E-state index contributed by atoms with van der Waals surface area (Å²) in [4.78, 5) is 23.7. The SMILES string of the molecule is C1=Cc2nc(-c3ccc(-c4cc(-c5ccncc5)nc(-c5ccncc5)c4)cc3)c3c(nc4n3C=CCC4)c2CC1. The Balaban J connectivity index is 1.26. The van der Waals surface area contributed by atoms with Crippen molar-refractivity contribution >= 4 is 23.3 Å². The zero-order valence-electron chi connectivity index (χ0n) is 22.4. The van der Waals surface area contributed by atoms with E-state index in [1.807, 2.05) is 24.3 Å². The minimum absolute atomic E-state index is 0.906. The lowest BCUT2D eigenvalue weighted by atomic mass is 9.96. The molecule has 1 aromatic carbocycles. The van der Waals surface area contributed by atoms with E-state index in [0.29, 0.717) is 0 Å².